The lowest BCUT2D eigenvalue weighted by molar-refractivity contribution is 0.314. The van der Waals surface area contributed by atoms with Crippen molar-refractivity contribution in [2.45, 2.75) is 13.3 Å². The predicted molar refractivity (Wildman–Crippen MR) is 65.1 cm³/mol. The first kappa shape index (κ1) is 12.6. The number of hydrogen-bond acceptors (Lipinski definition) is 2. The van der Waals surface area contributed by atoms with Crippen LogP contribution in [0.5, 0.6) is 5.75 Å². The highest BCUT2D eigenvalue weighted by Gasteiger charge is 2.04. The van der Waals surface area contributed by atoms with Crippen LogP contribution in [0.25, 0.3) is 0 Å². The molecule has 2 nitrogen and oxygen atoms in total. The Labute approximate surface area is 101 Å². The molecule has 0 bridgehead atoms. The van der Waals surface area contributed by atoms with Crippen molar-refractivity contribution in [2.75, 3.05) is 19.7 Å². The Hall–Kier alpha value is -0.440. The summed E-state index contributed by atoms with van der Waals surface area (Å²) >= 11 is 11.8. The van der Waals surface area contributed by atoms with Crippen molar-refractivity contribution < 1.29 is 4.74 Å². The normalized spacial score (nSPS) is 10.3. The number of ether oxygens (including phenoxy) is 1. The van der Waals surface area contributed by atoms with E-state index in [2.05, 4.69) is 12.2 Å². The third kappa shape index (κ3) is 4.29. The Bertz CT molecular complexity index is 305. The molecular formula is C11H15Cl2NO. The minimum Gasteiger partial charge on any atom is -0.491 e. The molecule has 1 aromatic carbocycles. The van der Waals surface area contributed by atoms with Gasteiger partial charge in [-0.2, -0.15) is 0 Å². The van der Waals surface area contributed by atoms with E-state index in [4.69, 9.17) is 27.9 Å². The molecule has 0 amide bonds. The Morgan fingerprint density at radius 2 is 2.07 bits per heavy atom. The maximum Gasteiger partial charge on any atom is 0.139 e. The molecule has 0 heterocycles. The van der Waals surface area contributed by atoms with Crippen molar-refractivity contribution >= 4 is 23.2 Å². The molecule has 0 spiro atoms. The lowest BCUT2D eigenvalue weighted by Gasteiger charge is -2.09. The molecule has 0 aliphatic carbocycles. The Morgan fingerprint density at radius 3 is 2.80 bits per heavy atom. The van der Waals surface area contributed by atoms with Gasteiger partial charge < -0.3 is 10.1 Å². The van der Waals surface area contributed by atoms with Gasteiger partial charge in [0.15, 0.2) is 0 Å². The van der Waals surface area contributed by atoms with Gasteiger partial charge in [0, 0.05) is 6.54 Å². The van der Waals surface area contributed by atoms with E-state index in [1.54, 1.807) is 6.07 Å². The molecule has 0 atom stereocenters. The molecular weight excluding hydrogens is 233 g/mol. The van der Waals surface area contributed by atoms with Gasteiger partial charge in [0.2, 0.25) is 0 Å². The van der Waals surface area contributed by atoms with Gasteiger partial charge in [-0.25, -0.2) is 0 Å². The van der Waals surface area contributed by atoms with Gasteiger partial charge in [-0.1, -0.05) is 36.2 Å². The van der Waals surface area contributed by atoms with E-state index in [1.807, 2.05) is 12.1 Å². The molecule has 0 saturated heterocycles. The van der Waals surface area contributed by atoms with Crippen LogP contribution >= 0.6 is 23.2 Å². The van der Waals surface area contributed by atoms with E-state index < -0.39 is 0 Å². The summed E-state index contributed by atoms with van der Waals surface area (Å²) in [5, 5.41) is 4.24. The van der Waals surface area contributed by atoms with E-state index in [0.29, 0.717) is 22.4 Å². The minimum absolute atomic E-state index is 0.481. The maximum absolute atomic E-state index is 5.96. The number of nitrogens with one attached hydrogen (secondary N) is 1. The lowest BCUT2D eigenvalue weighted by atomic mass is 10.3. The Morgan fingerprint density at radius 1 is 1.27 bits per heavy atom. The molecule has 15 heavy (non-hydrogen) atoms. The van der Waals surface area contributed by atoms with E-state index in [-0.39, 0.29) is 0 Å². The quantitative estimate of drug-likeness (QED) is 0.779. The Balaban J connectivity index is 2.34. The average Bonchev–Trinajstić information content (AvgIpc) is 2.24. The second-order valence-electron chi connectivity index (χ2n) is 3.15. The summed E-state index contributed by atoms with van der Waals surface area (Å²) in [5.74, 6) is 0.641. The van der Waals surface area contributed by atoms with Crippen LogP contribution in [0.1, 0.15) is 13.3 Å². The van der Waals surface area contributed by atoms with Gasteiger partial charge in [-0.05, 0) is 25.1 Å². The van der Waals surface area contributed by atoms with Crippen LogP contribution in [-0.2, 0) is 0 Å². The molecule has 84 valence electrons. The van der Waals surface area contributed by atoms with Gasteiger partial charge in [-0.3, -0.25) is 0 Å². The van der Waals surface area contributed by atoms with Crippen LogP contribution < -0.4 is 10.1 Å². The number of rotatable bonds is 6. The topological polar surface area (TPSA) is 21.3 Å². The van der Waals surface area contributed by atoms with E-state index in [9.17, 15) is 0 Å². The third-order valence-corrected chi connectivity index (χ3v) is 2.68. The summed E-state index contributed by atoms with van der Waals surface area (Å²) in [6, 6.07) is 5.38. The highest BCUT2D eigenvalue weighted by Crippen LogP contribution is 2.31. The first-order valence-corrected chi connectivity index (χ1v) is 5.78. The fourth-order valence-electron chi connectivity index (χ4n) is 1.13. The van der Waals surface area contributed by atoms with Gasteiger partial charge >= 0.3 is 0 Å². The summed E-state index contributed by atoms with van der Waals surface area (Å²) in [4.78, 5) is 0. The van der Waals surface area contributed by atoms with Gasteiger partial charge in [-0.15, -0.1) is 0 Å². The zero-order valence-electron chi connectivity index (χ0n) is 8.72. The van der Waals surface area contributed by atoms with Gasteiger partial charge in [0.1, 0.15) is 17.4 Å². The largest absolute Gasteiger partial charge is 0.491 e. The van der Waals surface area contributed by atoms with Crippen LogP contribution in [0.2, 0.25) is 10.0 Å². The minimum atomic E-state index is 0.481. The molecule has 0 unspecified atom stereocenters. The molecule has 0 aromatic heterocycles. The summed E-state index contributed by atoms with van der Waals surface area (Å²) in [5.41, 5.74) is 0. The second-order valence-corrected chi connectivity index (χ2v) is 3.94. The molecule has 1 rings (SSSR count). The van der Waals surface area contributed by atoms with Crippen molar-refractivity contribution in [3.05, 3.63) is 28.2 Å². The summed E-state index contributed by atoms with van der Waals surface area (Å²) < 4.78 is 5.49. The molecule has 4 heteroatoms. The first-order valence-electron chi connectivity index (χ1n) is 5.03. The molecule has 0 aliphatic heterocycles. The summed E-state index contributed by atoms with van der Waals surface area (Å²) in [7, 11) is 0. The highest BCUT2D eigenvalue weighted by atomic mass is 35.5. The number of halogens is 2. The molecule has 0 radical (unpaired) electrons. The highest BCUT2D eigenvalue weighted by molar-refractivity contribution is 6.42. The van der Waals surface area contributed by atoms with E-state index in [1.165, 1.54) is 0 Å². The lowest BCUT2D eigenvalue weighted by Crippen LogP contribution is -2.21. The van der Waals surface area contributed by atoms with Crippen molar-refractivity contribution in [1.82, 2.24) is 5.32 Å². The molecule has 1 N–H and O–H groups in total. The zero-order chi connectivity index (χ0) is 11.1. The summed E-state index contributed by atoms with van der Waals surface area (Å²) in [6.07, 6.45) is 1.12. The second kappa shape index (κ2) is 6.94. The van der Waals surface area contributed by atoms with E-state index in [0.717, 1.165) is 19.5 Å². The van der Waals surface area contributed by atoms with Crippen LogP contribution in [0.3, 0.4) is 0 Å². The monoisotopic (exact) mass is 247 g/mol. The maximum atomic E-state index is 5.96. The van der Waals surface area contributed by atoms with Crippen LogP contribution in [0, 0.1) is 0 Å². The van der Waals surface area contributed by atoms with E-state index >= 15 is 0 Å². The van der Waals surface area contributed by atoms with Crippen LogP contribution in [0.15, 0.2) is 18.2 Å². The third-order valence-electron chi connectivity index (χ3n) is 1.88. The Kier molecular flexibility index (Phi) is 5.84. The van der Waals surface area contributed by atoms with Crippen molar-refractivity contribution in [3.63, 3.8) is 0 Å². The van der Waals surface area contributed by atoms with Gasteiger partial charge in [0.25, 0.3) is 0 Å². The zero-order valence-corrected chi connectivity index (χ0v) is 10.2. The van der Waals surface area contributed by atoms with Gasteiger partial charge in [0.05, 0.1) is 5.02 Å². The average molecular weight is 248 g/mol. The summed E-state index contributed by atoms with van der Waals surface area (Å²) in [6.45, 7) is 4.55. The standard InChI is InChI=1S/C11H15Cl2NO/c1-2-6-14-7-8-15-10-5-3-4-9(12)11(10)13/h3-5,14H,2,6-8H2,1H3. The van der Waals surface area contributed by atoms with Crippen molar-refractivity contribution in [2.24, 2.45) is 0 Å². The molecule has 0 aliphatic rings. The molecule has 0 saturated carbocycles. The van der Waals surface area contributed by atoms with Crippen LogP contribution in [-0.4, -0.2) is 19.7 Å². The van der Waals surface area contributed by atoms with Crippen LogP contribution in [0.4, 0.5) is 0 Å². The van der Waals surface area contributed by atoms with Crippen molar-refractivity contribution in [1.29, 1.82) is 0 Å². The molecule has 1 aromatic rings. The first-order chi connectivity index (χ1) is 7.25. The molecule has 0 fully saturated rings. The number of hydrogen-bond donors (Lipinski definition) is 1. The SMILES string of the molecule is CCCNCCOc1cccc(Cl)c1Cl. The van der Waals surface area contributed by atoms with Crippen molar-refractivity contribution in [3.8, 4) is 5.75 Å². The predicted octanol–water partition coefficient (Wildman–Crippen LogP) is 3.37. The fraction of sp³-hybridized carbons (Fsp3) is 0.455. The number of benzene rings is 1. The smallest absolute Gasteiger partial charge is 0.139 e. The fourth-order valence-corrected chi connectivity index (χ4v) is 1.48.